The zero-order valence-corrected chi connectivity index (χ0v) is 14.5. The van der Waals surface area contributed by atoms with Gasteiger partial charge in [-0.1, -0.05) is 103 Å². The van der Waals surface area contributed by atoms with Crippen molar-refractivity contribution in [1.82, 2.24) is 0 Å². The van der Waals surface area contributed by atoms with Crippen molar-refractivity contribution < 1.29 is 0 Å². The SMILES string of the molecule is S=P(C#CC1CCCCC1)(c1ccccc1)c1ccccc1. The van der Waals surface area contributed by atoms with Gasteiger partial charge in [-0.25, -0.2) is 0 Å². The Balaban J connectivity index is 2.01. The summed E-state index contributed by atoms with van der Waals surface area (Å²) in [6.45, 7) is 0. The van der Waals surface area contributed by atoms with E-state index in [2.05, 4.69) is 60.1 Å². The molecule has 0 heterocycles. The van der Waals surface area contributed by atoms with Crippen molar-refractivity contribution in [2.45, 2.75) is 32.1 Å². The highest BCUT2D eigenvalue weighted by Crippen LogP contribution is 2.42. The van der Waals surface area contributed by atoms with Crippen molar-refractivity contribution in [2.75, 3.05) is 0 Å². The van der Waals surface area contributed by atoms with E-state index in [0.717, 1.165) is 0 Å². The summed E-state index contributed by atoms with van der Waals surface area (Å²) < 4.78 is 0. The fourth-order valence-corrected chi connectivity index (χ4v) is 5.98. The van der Waals surface area contributed by atoms with Gasteiger partial charge in [0.15, 0.2) is 0 Å². The summed E-state index contributed by atoms with van der Waals surface area (Å²) in [5.41, 5.74) is 3.57. The van der Waals surface area contributed by atoms with Crippen LogP contribution in [0.2, 0.25) is 0 Å². The van der Waals surface area contributed by atoms with Crippen LogP contribution in [0.4, 0.5) is 0 Å². The highest BCUT2D eigenvalue weighted by molar-refractivity contribution is 8.24. The maximum atomic E-state index is 6.14. The van der Waals surface area contributed by atoms with Crippen LogP contribution in [0, 0.1) is 17.5 Å². The normalized spacial score (nSPS) is 15.8. The maximum absolute atomic E-state index is 6.14. The maximum Gasteiger partial charge on any atom is 0.0778 e. The lowest BCUT2D eigenvalue weighted by Gasteiger charge is -2.19. The van der Waals surface area contributed by atoms with Crippen LogP contribution in [-0.2, 0) is 11.8 Å². The van der Waals surface area contributed by atoms with Gasteiger partial charge in [-0.3, -0.25) is 0 Å². The molecule has 0 aromatic heterocycles. The lowest BCUT2D eigenvalue weighted by atomic mass is 9.90. The summed E-state index contributed by atoms with van der Waals surface area (Å²) in [5.74, 6) is 4.10. The highest BCUT2D eigenvalue weighted by atomic mass is 32.4. The molecule has 3 rings (SSSR count). The smallest absolute Gasteiger partial charge is 0.0778 e. The molecule has 0 spiro atoms. The molecule has 0 radical (unpaired) electrons. The van der Waals surface area contributed by atoms with Crippen molar-refractivity contribution in [2.24, 2.45) is 5.92 Å². The summed E-state index contributed by atoms with van der Waals surface area (Å²) in [5, 5.41) is 2.42. The van der Waals surface area contributed by atoms with E-state index >= 15 is 0 Å². The van der Waals surface area contributed by atoms with Crippen molar-refractivity contribution in [3.05, 3.63) is 60.7 Å². The topological polar surface area (TPSA) is 0 Å². The zero-order chi connectivity index (χ0) is 15.3. The molecule has 0 aliphatic heterocycles. The van der Waals surface area contributed by atoms with E-state index in [0.29, 0.717) is 5.92 Å². The summed E-state index contributed by atoms with van der Waals surface area (Å²) in [7, 11) is 0. The molecule has 2 aromatic carbocycles. The molecule has 0 bridgehead atoms. The predicted molar refractivity (Wildman–Crippen MR) is 101 cm³/mol. The van der Waals surface area contributed by atoms with E-state index < -0.39 is 6.04 Å². The Morgan fingerprint density at radius 1 is 0.773 bits per heavy atom. The third-order valence-corrected chi connectivity index (χ3v) is 8.30. The molecule has 0 unspecified atom stereocenters. The summed E-state index contributed by atoms with van der Waals surface area (Å²) in [6, 6.07) is 18.9. The molecule has 1 saturated carbocycles. The fraction of sp³-hybridized carbons (Fsp3) is 0.300. The van der Waals surface area contributed by atoms with E-state index in [-0.39, 0.29) is 0 Å². The molecular formula is C20H21PS. The first-order valence-electron chi connectivity index (χ1n) is 8.03. The number of benzene rings is 2. The Bertz CT molecular complexity index is 660. The fourth-order valence-electron chi connectivity index (χ4n) is 2.98. The van der Waals surface area contributed by atoms with E-state index in [4.69, 9.17) is 11.8 Å². The molecule has 1 fully saturated rings. The molecule has 112 valence electrons. The highest BCUT2D eigenvalue weighted by Gasteiger charge is 2.20. The molecule has 22 heavy (non-hydrogen) atoms. The Kier molecular flexibility index (Phi) is 5.14. The second-order valence-electron chi connectivity index (χ2n) is 5.87. The van der Waals surface area contributed by atoms with Crippen LogP contribution in [0.15, 0.2) is 60.7 Å². The van der Waals surface area contributed by atoms with E-state index in [9.17, 15) is 0 Å². The molecule has 0 atom stereocenters. The third-order valence-electron chi connectivity index (χ3n) is 4.27. The van der Waals surface area contributed by atoms with E-state index in [1.807, 2.05) is 12.1 Å². The third kappa shape index (κ3) is 3.52. The Labute approximate surface area is 139 Å². The van der Waals surface area contributed by atoms with E-state index in [1.165, 1.54) is 42.7 Å². The van der Waals surface area contributed by atoms with Crippen LogP contribution in [-0.4, -0.2) is 0 Å². The largest absolute Gasteiger partial charge is 0.0938 e. The Hall–Kier alpha value is -1.35. The number of hydrogen-bond donors (Lipinski definition) is 0. The second-order valence-corrected chi connectivity index (χ2v) is 9.99. The molecule has 2 aromatic rings. The van der Waals surface area contributed by atoms with Crippen molar-refractivity contribution in [3.63, 3.8) is 0 Å². The molecule has 0 saturated heterocycles. The van der Waals surface area contributed by atoms with Crippen LogP contribution >= 0.6 is 6.04 Å². The first kappa shape index (κ1) is 15.5. The molecule has 0 nitrogen and oxygen atoms in total. The lowest BCUT2D eigenvalue weighted by Crippen LogP contribution is -2.14. The van der Waals surface area contributed by atoms with Crippen LogP contribution in [0.3, 0.4) is 0 Å². The van der Waals surface area contributed by atoms with Gasteiger partial charge < -0.3 is 0 Å². The zero-order valence-electron chi connectivity index (χ0n) is 12.7. The average molecular weight is 324 g/mol. The van der Waals surface area contributed by atoms with Gasteiger partial charge in [0, 0.05) is 16.5 Å². The minimum atomic E-state index is -2.02. The Morgan fingerprint density at radius 2 is 1.27 bits per heavy atom. The van der Waals surface area contributed by atoms with Gasteiger partial charge in [-0.15, -0.1) is 0 Å². The lowest BCUT2D eigenvalue weighted by molar-refractivity contribution is 0.430. The number of hydrogen-bond acceptors (Lipinski definition) is 1. The average Bonchev–Trinajstić information content (AvgIpc) is 2.62. The number of rotatable bonds is 2. The minimum Gasteiger partial charge on any atom is -0.0938 e. The Morgan fingerprint density at radius 3 is 1.77 bits per heavy atom. The van der Waals surface area contributed by atoms with E-state index in [1.54, 1.807) is 0 Å². The van der Waals surface area contributed by atoms with Gasteiger partial charge in [-0.05, 0) is 12.8 Å². The van der Waals surface area contributed by atoms with Crippen molar-refractivity contribution in [1.29, 1.82) is 0 Å². The summed E-state index contributed by atoms with van der Waals surface area (Å²) in [6.07, 6.45) is 6.49. The molecule has 1 aliphatic rings. The molecule has 2 heteroatoms. The van der Waals surface area contributed by atoms with Crippen LogP contribution < -0.4 is 10.6 Å². The van der Waals surface area contributed by atoms with Crippen LogP contribution in [0.5, 0.6) is 0 Å². The molecular weight excluding hydrogens is 303 g/mol. The first-order valence-corrected chi connectivity index (χ1v) is 10.8. The molecule has 0 N–H and O–H groups in total. The van der Waals surface area contributed by atoms with Gasteiger partial charge in [0.1, 0.15) is 0 Å². The second kappa shape index (κ2) is 7.28. The standard InChI is InChI=1S/C20H21PS/c22-21(19-12-6-2-7-13-19,20-14-8-3-9-15-20)17-16-18-10-4-1-5-11-18/h2-3,6-9,12-15,18H,1,4-5,10-11H2. The molecule has 1 aliphatic carbocycles. The minimum absolute atomic E-state index is 0.545. The summed E-state index contributed by atoms with van der Waals surface area (Å²) in [4.78, 5) is 0. The summed E-state index contributed by atoms with van der Waals surface area (Å²) >= 11 is 6.14. The van der Waals surface area contributed by atoms with Gasteiger partial charge in [0.25, 0.3) is 0 Å². The quantitative estimate of drug-likeness (QED) is 0.572. The predicted octanol–water partition coefficient (Wildman–Crippen LogP) is 4.66. The van der Waals surface area contributed by atoms with Crippen molar-refractivity contribution in [3.8, 4) is 11.6 Å². The van der Waals surface area contributed by atoms with Gasteiger partial charge in [0.05, 0.1) is 6.04 Å². The van der Waals surface area contributed by atoms with Crippen LogP contribution in [0.1, 0.15) is 32.1 Å². The monoisotopic (exact) mass is 324 g/mol. The van der Waals surface area contributed by atoms with Gasteiger partial charge in [0.2, 0.25) is 0 Å². The van der Waals surface area contributed by atoms with Crippen molar-refractivity contribution >= 4 is 28.5 Å². The van der Waals surface area contributed by atoms with Crippen LogP contribution in [0.25, 0.3) is 0 Å². The first-order chi connectivity index (χ1) is 10.8. The van der Waals surface area contributed by atoms with Gasteiger partial charge in [-0.2, -0.15) is 0 Å². The molecule has 0 amide bonds. The van der Waals surface area contributed by atoms with Gasteiger partial charge >= 0.3 is 0 Å².